The monoisotopic (exact) mass is 339 g/mol. The first kappa shape index (κ1) is 17.0. The maximum atomic E-state index is 6.01. The van der Waals surface area contributed by atoms with Crippen LogP contribution in [0.15, 0.2) is 24.4 Å². The van der Waals surface area contributed by atoms with Gasteiger partial charge >= 0.3 is 6.01 Å². The molecule has 0 aliphatic heterocycles. The normalized spacial score (nSPS) is 11.7. The lowest BCUT2D eigenvalue weighted by Gasteiger charge is -2.16. The number of aromatic nitrogens is 3. The molecule has 0 aliphatic carbocycles. The van der Waals surface area contributed by atoms with Crippen LogP contribution < -0.4 is 4.74 Å². The van der Waals surface area contributed by atoms with Gasteiger partial charge in [0.15, 0.2) is 0 Å². The molecule has 7 heteroatoms. The number of methoxy groups -OCH3 is 1. The molecule has 0 saturated carbocycles. The van der Waals surface area contributed by atoms with Gasteiger partial charge in [-0.2, -0.15) is 9.97 Å². The Bertz CT molecular complexity index is 625. The summed E-state index contributed by atoms with van der Waals surface area (Å²) in [6.07, 6.45) is 1.96. The molecule has 5 nitrogen and oxygen atoms in total. The van der Waals surface area contributed by atoms with Gasteiger partial charge in [0.05, 0.1) is 18.5 Å². The SMILES string of the molecule is COc1nc(Cl)cc(-c2cccn2COCC[Si](C)(C)C)n1. The maximum Gasteiger partial charge on any atom is 0.318 e. The highest BCUT2D eigenvalue weighted by atomic mass is 35.5. The van der Waals surface area contributed by atoms with Crippen LogP contribution in [-0.2, 0) is 11.5 Å². The number of rotatable bonds is 7. The maximum absolute atomic E-state index is 6.01. The Kier molecular flexibility index (Phi) is 5.61. The second kappa shape index (κ2) is 7.26. The molecule has 0 fully saturated rings. The minimum atomic E-state index is -1.07. The van der Waals surface area contributed by atoms with E-state index in [1.165, 1.54) is 7.11 Å². The topological polar surface area (TPSA) is 49.2 Å². The molecule has 0 bridgehead atoms. The smallest absolute Gasteiger partial charge is 0.318 e. The van der Waals surface area contributed by atoms with E-state index in [-0.39, 0.29) is 6.01 Å². The zero-order chi connectivity index (χ0) is 16.2. The van der Waals surface area contributed by atoms with Crippen molar-refractivity contribution in [1.29, 1.82) is 0 Å². The lowest BCUT2D eigenvalue weighted by atomic mass is 10.3. The molecule has 0 amide bonds. The molecule has 2 aromatic heterocycles. The van der Waals surface area contributed by atoms with E-state index in [0.29, 0.717) is 11.9 Å². The fraction of sp³-hybridized carbons (Fsp3) is 0.467. The van der Waals surface area contributed by atoms with Crippen LogP contribution in [0, 0.1) is 0 Å². The van der Waals surface area contributed by atoms with Gasteiger partial charge < -0.3 is 14.0 Å². The molecule has 0 radical (unpaired) electrons. The molecule has 2 heterocycles. The summed E-state index contributed by atoms with van der Waals surface area (Å²) in [7, 11) is 0.456. The van der Waals surface area contributed by atoms with E-state index in [4.69, 9.17) is 21.1 Å². The van der Waals surface area contributed by atoms with E-state index >= 15 is 0 Å². The molecule has 0 aliphatic rings. The van der Waals surface area contributed by atoms with E-state index < -0.39 is 8.07 Å². The Morgan fingerprint density at radius 2 is 2.05 bits per heavy atom. The third kappa shape index (κ3) is 4.83. The average molecular weight is 340 g/mol. The van der Waals surface area contributed by atoms with Crippen molar-refractivity contribution in [3.8, 4) is 17.4 Å². The fourth-order valence-corrected chi connectivity index (χ4v) is 2.85. The molecule has 2 aromatic rings. The first-order valence-electron chi connectivity index (χ1n) is 7.21. The van der Waals surface area contributed by atoms with Gasteiger partial charge in [-0.3, -0.25) is 0 Å². The summed E-state index contributed by atoms with van der Waals surface area (Å²) in [5.41, 5.74) is 1.64. The van der Waals surface area contributed by atoms with Crippen LogP contribution in [0.4, 0.5) is 0 Å². The molecule has 2 rings (SSSR count). The summed E-state index contributed by atoms with van der Waals surface area (Å²) in [6, 6.07) is 7.06. The summed E-state index contributed by atoms with van der Waals surface area (Å²) in [6.45, 7) is 8.30. The number of nitrogens with zero attached hydrogens (tertiary/aromatic N) is 3. The van der Waals surface area contributed by atoms with E-state index in [1.807, 2.05) is 22.9 Å². The van der Waals surface area contributed by atoms with Crippen molar-refractivity contribution in [2.75, 3.05) is 13.7 Å². The van der Waals surface area contributed by atoms with E-state index in [2.05, 4.69) is 29.6 Å². The Hall–Kier alpha value is -1.37. The molecule has 22 heavy (non-hydrogen) atoms. The van der Waals surface area contributed by atoms with Gasteiger partial charge in [0.1, 0.15) is 11.9 Å². The lowest BCUT2D eigenvalue weighted by Crippen LogP contribution is -2.22. The third-order valence-electron chi connectivity index (χ3n) is 3.18. The summed E-state index contributed by atoms with van der Waals surface area (Å²) in [5.74, 6) is 0. The van der Waals surface area contributed by atoms with Crippen molar-refractivity contribution in [1.82, 2.24) is 14.5 Å². The molecule has 0 unspecified atom stereocenters. The minimum absolute atomic E-state index is 0.259. The van der Waals surface area contributed by atoms with Crippen LogP contribution in [0.1, 0.15) is 0 Å². The second-order valence-electron chi connectivity index (χ2n) is 6.27. The van der Waals surface area contributed by atoms with Crippen molar-refractivity contribution in [3.63, 3.8) is 0 Å². The standard InChI is InChI=1S/C15H22ClN3O2Si/c1-20-15-17-12(10-14(16)18-15)13-6-5-7-19(13)11-21-8-9-22(2,3)4/h5-7,10H,8-9,11H2,1-4H3. The van der Waals surface area contributed by atoms with Gasteiger partial charge in [0.25, 0.3) is 0 Å². The second-order valence-corrected chi connectivity index (χ2v) is 12.3. The number of halogens is 1. The van der Waals surface area contributed by atoms with E-state index in [1.54, 1.807) is 6.07 Å². The van der Waals surface area contributed by atoms with Gasteiger partial charge in [-0.15, -0.1) is 0 Å². The number of ether oxygens (including phenoxy) is 2. The van der Waals surface area contributed by atoms with Gasteiger partial charge in [-0.05, 0) is 18.2 Å². The Balaban J connectivity index is 2.08. The van der Waals surface area contributed by atoms with E-state index in [9.17, 15) is 0 Å². The Morgan fingerprint density at radius 1 is 1.27 bits per heavy atom. The summed E-state index contributed by atoms with van der Waals surface area (Å²) in [4.78, 5) is 8.33. The largest absolute Gasteiger partial charge is 0.467 e. The van der Waals surface area contributed by atoms with E-state index in [0.717, 1.165) is 24.0 Å². The predicted molar refractivity (Wildman–Crippen MR) is 91.1 cm³/mol. The quantitative estimate of drug-likeness (QED) is 0.436. The van der Waals surface area contributed by atoms with Crippen LogP contribution >= 0.6 is 11.6 Å². The van der Waals surface area contributed by atoms with Crippen LogP contribution in [0.25, 0.3) is 11.4 Å². The summed E-state index contributed by atoms with van der Waals surface area (Å²) >= 11 is 6.01. The lowest BCUT2D eigenvalue weighted by molar-refractivity contribution is 0.0885. The molecular formula is C15H22ClN3O2Si. The van der Waals surface area contributed by atoms with Gasteiger partial charge in [-0.1, -0.05) is 31.2 Å². The molecular weight excluding hydrogens is 318 g/mol. The van der Waals surface area contributed by atoms with Gasteiger partial charge in [-0.25, -0.2) is 0 Å². The summed E-state index contributed by atoms with van der Waals surface area (Å²) < 4.78 is 12.9. The molecule has 0 atom stereocenters. The van der Waals surface area contributed by atoms with Crippen molar-refractivity contribution in [2.45, 2.75) is 32.4 Å². The molecule has 120 valence electrons. The Labute approximate surface area is 137 Å². The molecule has 0 saturated heterocycles. The van der Waals surface area contributed by atoms with Crippen LogP contribution in [0.2, 0.25) is 30.8 Å². The zero-order valence-corrected chi connectivity index (χ0v) is 15.2. The fourth-order valence-electron chi connectivity index (χ4n) is 1.92. The third-order valence-corrected chi connectivity index (χ3v) is 5.07. The minimum Gasteiger partial charge on any atom is -0.467 e. The molecule has 0 N–H and O–H groups in total. The van der Waals surface area contributed by atoms with Gasteiger partial charge in [0.2, 0.25) is 0 Å². The van der Waals surface area contributed by atoms with Crippen LogP contribution in [0.5, 0.6) is 6.01 Å². The van der Waals surface area contributed by atoms with Crippen molar-refractivity contribution in [2.24, 2.45) is 0 Å². The van der Waals surface area contributed by atoms with Crippen molar-refractivity contribution in [3.05, 3.63) is 29.5 Å². The predicted octanol–water partition coefficient (Wildman–Crippen LogP) is 3.92. The first-order valence-corrected chi connectivity index (χ1v) is 11.3. The zero-order valence-electron chi connectivity index (χ0n) is 13.5. The van der Waals surface area contributed by atoms with Crippen LogP contribution in [-0.4, -0.2) is 36.3 Å². The number of hydrogen-bond acceptors (Lipinski definition) is 4. The Morgan fingerprint density at radius 3 is 2.73 bits per heavy atom. The highest BCUT2D eigenvalue weighted by Gasteiger charge is 2.13. The highest BCUT2D eigenvalue weighted by molar-refractivity contribution is 6.76. The van der Waals surface area contributed by atoms with Crippen molar-refractivity contribution < 1.29 is 9.47 Å². The van der Waals surface area contributed by atoms with Crippen molar-refractivity contribution >= 4 is 19.7 Å². The first-order chi connectivity index (χ1) is 10.4. The molecule has 0 aromatic carbocycles. The average Bonchev–Trinajstić information content (AvgIpc) is 2.90. The number of hydrogen-bond donors (Lipinski definition) is 0. The molecule has 0 spiro atoms. The summed E-state index contributed by atoms with van der Waals surface area (Å²) in [5, 5.41) is 0.356. The van der Waals surface area contributed by atoms with Gasteiger partial charge in [0, 0.05) is 26.9 Å². The highest BCUT2D eigenvalue weighted by Crippen LogP contribution is 2.23. The van der Waals surface area contributed by atoms with Crippen LogP contribution in [0.3, 0.4) is 0 Å².